The Kier molecular flexibility index (Phi) is 4.70. The minimum atomic E-state index is -0.0827. The second kappa shape index (κ2) is 5.82. The number of hydrogen-bond acceptors (Lipinski definition) is 2. The molecule has 1 atom stereocenters. The third-order valence-corrected chi connectivity index (χ3v) is 3.17. The van der Waals surface area contributed by atoms with Gasteiger partial charge in [0, 0.05) is 19.3 Å². The van der Waals surface area contributed by atoms with Crippen LogP contribution in [-0.2, 0) is 4.79 Å². The molecule has 0 aromatic heterocycles. The number of carbonyl (C=O) groups is 1. The number of nitrogens with zero attached hydrogens (tertiary/aromatic N) is 1. The molecule has 0 saturated carbocycles. The average molecular weight is 234 g/mol. The highest BCUT2D eigenvalue weighted by Crippen LogP contribution is 2.21. The van der Waals surface area contributed by atoms with E-state index in [1.165, 1.54) is 5.56 Å². The molecule has 0 aliphatic carbocycles. The molecule has 1 aromatic carbocycles. The molecular weight excluding hydrogens is 212 g/mol. The average Bonchev–Trinajstić information content (AvgIpc) is 2.29. The van der Waals surface area contributed by atoms with Crippen LogP contribution in [0.15, 0.2) is 18.2 Å². The topological polar surface area (TPSA) is 46.3 Å². The summed E-state index contributed by atoms with van der Waals surface area (Å²) in [5.74, 6) is 0.0163. The summed E-state index contributed by atoms with van der Waals surface area (Å²) in [7, 11) is 1.82. The molecule has 0 aliphatic heterocycles. The smallest absolute Gasteiger partial charge is 0.231 e. The van der Waals surface area contributed by atoms with Crippen molar-refractivity contribution >= 4 is 11.6 Å². The van der Waals surface area contributed by atoms with Crippen LogP contribution >= 0.6 is 0 Å². The standard InChI is InChI=1S/C14H22N2O/c1-5-12(9-15)14(17)16(4)13-7-6-10(2)8-11(13)3/h6-8,12H,5,9,15H2,1-4H3. The van der Waals surface area contributed by atoms with Crippen LogP contribution in [0.2, 0.25) is 0 Å². The monoisotopic (exact) mass is 234 g/mol. The molecule has 0 fully saturated rings. The predicted octanol–water partition coefficient (Wildman–Crippen LogP) is 2.25. The summed E-state index contributed by atoms with van der Waals surface area (Å²) < 4.78 is 0. The van der Waals surface area contributed by atoms with Crippen molar-refractivity contribution in [3.8, 4) is 0 Å². The van der Waals surface area contributed by atoms with Gasteiger partial charge in [0.2, 0.25) is 5.91 Å². The lowest BCUT2D eigenvalue weighted by Gasteiger charge is -2.24. The number of carbonyl (C=O) groups excluding carboxylic acids is 1. The van der Waals surface area contributed by atoms with Gasteiger partial charge in [0.15, 0.2) is 0 Å². The first-order valence-corrected chi connectivity index (χ1v) is 6.06. The number of hydrogen-bond donors (Lipinski definition) is 1. The minimum absolute atomic E-state index is 0.0827. The third kappa shape index (κ3) is 3.07. The number of benzene rings is 1. The third-order valence-electron chi connectivity index (χ3n) is 3.17. The van der Waals surface area contributed by atoms with Crippen LogP contribution < -0.4 is 10.6 Å². The fourth-order valence-electron chi connectivity index (χ4n) is 2.02. The van der Waals surface area contributed by atoms with Crippen LogP contribution in [0.25, 0.3) is 0 Å². The molecule has 0 saturated heterocycles. The van der Waals surface area contributed by atoms with Crippen molar-refractivity contribution in [1.29, 1.82) is 0 Å². The molecule has 0 aliphatic rings. The molecule has 3 heteroatoms. The molecule has 3 nitrogen and oxygen atoms in total. The van der Waals surface area contributed by atoms with Crippen molar-refractivity contribution in [1.82, 2.24) is 0 Å². The molecule has 0 spiro atoms. The first-order valence-electron chi connectivity index (χ1n) is 6.06. The highest BCUT2D eigenvalue weighted by atomic mass is 16.2. The number of aryl methyl sites for hydroxylation is 2. The fourth-order valence-corrected chi connectivity index (χ4v) is 2.02. The molecule has 1 unspecified atom stereocenters. The number of anilines is 1. The van der Waals surface area contributed by atoms with Crippen molar-refractivity contribution in [3.05, 3.63) is 29.3 Å². The largest absolute Gasteiger partial charge is 0.330 e. The van der Waals surface area contributed by atoms with Gasteiger partial charge in [-0.2, -0.15) is 0 Å². The van der Waals surface area contributed by atoms with E-state index in [1.54, 1.807) is 4.90 Å². The first kappa shape index (κ1) is 13.7. The molecule has 1 aromatic rings. The molecule has 17 heavy (non-hydrogen) atoms. The summed E-state index contributed by atoms with van der Waals surface area (Å²) in [6.07, 6.45) is 0.782. The molecule has 0 heterocycles. The zero-order chi connectivity index (χ0) is 13.0. The van der Waals surface area contributed by atoms with E-state index in [2.05, 4.69) is 6.07 Å². The van der Waals surface area contributed by atoms with E-state index >= 15 is 0 Å². The zero-order valence-corrected chi connectivity index (χ0v) is 11.2. The van der Waals surface area contributed by atoms with Crippen molar-refractivity contribution < 1.29 is 4.79 Å². The van der Waals surface area contributed by atoms with Crippen LogP contribution in [0.1, 0.15) is 24.5 Å². The first-order chi connectivity index (χ1) is 8.01. The maximum atomic E-state index is 12.2. The summed E-state index contributed by atoms with van der Waals surface area (Å²) in [4.78, 5) is 13.9. The summed E-state index contributed by atoms with van der Waals surface area (Å²) >= 11 is 0. The van der Waals surface area contributed by atoms with Crippen LogP contribution in [0.5, 0.6) is 0 Å². The highest BCUT2D eigenvalue weighted by Gasteiger charge is 2.20. The molecular formula is C14H22N2O. The van der Waals surface area contributed by atoms with Crippen LogP contribution in [0, 0.1) is 19.8 Å². The minimum Gasteiger partial charge on any atom is -0.330 e. The number of rotatable bonds is 4. The van der Waals surface area contributed by atoms with E-state index in [4.69, 9.17) is 5.73 Å². The highest BCUT2D eigenvalue weighted by molar-refractivity contribution is 5.95. The Morgan fingerprint density at radius 1 is 1.41 bits per heavy atom. The Labute approximate surface area is 104 Å². The van der Waals surface area contributed by atoms with Gasteiger partial charge in [0.05, 0.1) is 5.92 Å². The van der Waals surface area contributed by atoms with Gasteiger partial charge in [-0.05, 0) is 31.9 Å². The molecule has 94 valence electrons. The molecule has 1 rings (SSSR count). The Morgan fingerprint density at radius 2 is 2.06 bits per heavy atom. The number of amides is 1. The van der Waals surface area contributed by atoms with Crippen molar-refractivity contribution in [3.63, 3.8) is 0 Å². The van der Waals surface area contributed by atoms with Gasteiger partial charge in [-0.15, -0.1) is 0 Å². The van der Waals surface area contributed by atoms with Gasteiger partial charge >= 0.3 is 0 Å². The Balaban J connectivity index is 2.95. The maximum absolute atomic E-state index is 12.2. The van der Waals surface area contributed by atoms with Gasteiger partial charge in [-0.3, -0.25) is 4.79 Å². The van der Waals surface area contributed by atoms with Crippen molar-refractivity contribution in [2.24, 2.45) is 11.7 Å². The lowest BCUT2D eigenvalue weighted by atomic mass is 10.0. The van der Waals surface area contributed by atoms with Gasteiger partial charge < -0.3 is 10.6 Å². The second-order valence-corrected chi connectivity index (χ2v) is 4.53. The van der Waals surface area contributed by atoms with E-state index in [9.17, 15) is 4.79 Å². The van der Waals surface area contributed by atoms with E-state index in [0.717, 1.165) is 17.7 Å². The van der Waals surface area contributed by atoms with E-state index < -0.39 is 0 Å². The second-order valence-electron chi connectivity index (χ2n) is 4.53. The van der Waals surface area contributed by atoms with E-state index in [-0.39, 0.29) is 11.8 Å². The Hall–Kier alpha value is -1.35. The fraction of sp³-hybridized carbons (Fsp3) is 0.500. The quantitative estimate of drug-likeness (QED) is 0.868. The summed E-state index contributed by atoms with van der Waals surface area (Å²) in [6, 6.07) is 6.10. The van der Waals surface area contributed by atoms with Crippen molar-refractivity contribution in [2.75, 3.05) is 18.5 Å². The molecule has 2 N–H and O–H groups in total. The lowest BCUT2D eigenvalue weighted by Crippen LogP contribution is -2.36. The summed E-state index contributed by atoms with van der Waals surface area (Å²) in [5.41, 5.74) is 8.90. The predicted molar refractivity (Wildman–Crippen MR) is 72.2 cm³/mol. The van der Waals surface area contributed by atoms with Crippen LogP contribution in [-0.4, -0.2) is 19.5 Å². The maximum Gasteiger partial charge on any atom is 0.231 e. The van der Waals surface area contributed by atoms with Crippen molar-refractivity contribution in [2.45, 2.75) is 27.2 Å². The Bertz CT molecular complexity index is 397. The SMILES string of the molecule is CCC(CN)C(=O)N(C)c1ccc(C)cc1C. The van der Waals surface area contributed by atoms with E-state index in [0.29, 0.717) is 6.54 Å². The van der Waals surface area contributed by atoms with Gasteiger partial charge in [-0.25, -0.2) is 0 Å². The number of nitrogens with two attached hydrogens (primary N) is 1. The summed E-state index contributed by atoms with van der Waals surface area (Å²) in [6.45, 7) is 6.47. The van der Waals surface area contributed by atoms with Crippen LogP contribution in [0.4, 0.5) is 5.69 Å². The zero-order valence-electron chi connectivity index (χ0n) is 11.2. The van der Waals surface area contributed by atoms with E-state index in [1.807, 2.05) is 40.0 Å². The molecule has 0 radical (unpaired) electrons. The van der Waals surface area contributed by atoms with Crippen LogP contribution in [0.3, 0.4) is 0 Å². The summed E-state index contributed by atoms with van der Waals surface area (Å²) in [5, 5.41) is 0. The van der Waals surface area contributed by atoms with Gasteiger partial charge in [0.25, 0.3) is 0 Å². The normalized spacial score (nSPS) is 12.3. The molecule has 1 amide bonds. The van der Waals surface area contributed by atoms with Gasteiger partial charge in [-0.1, -0.05) is 24.6 Å². The lowest BCUT2D eigenvalue weighted by molar-refractivity contribution is -0.121. The Morgan fingerprint density at radius 3 is 2.53 bits per heavy atom. The molecule has 0 bridgehead atoms. The van der Waals surface area contributed by atoms with Gasteiger partial charge in [0.1, 0.15) is 0 Å².